The Labute approximate surface area is 109 Å². The lowest BCUT2D eigenvalue weighted by atomic mass is 10.3. The van der Waals surface area contributed by atoms with Gasteiger partial charge in [-0.05, 0) is 18.2 Å². The second-order valence-electron chi connectivity index (χ2n) is 2.95. The minimum atomic E-state index is -3.63. The van der Waals surface area contributed by atoms with Gasteiger partial charge in [0.2, 0.25) is 10.0 Å². The van der Waals surface area contributed by atoms with Crippen molar-refractivity contribution in [2.24, 2.45) is 5.73 Å². The van der Waals surface area contributed by atoms with Crippen molar-refractivity contribution in [3.8, 4) is 0 Å². The Morgan fingerprint density at radius 3 is 2.62 bits per heavy atom. The largest absolute Gasteiger partial charge is 0.392 e. The number of rotatable bonds is 4. The van der Waals surface area contributed by atoms with Crippen LogP contribution in [0.3, 0.4) is 0 Å². The van der Waals surface area contributed by atoms with Gasteiger partial charge in [0, 0.05) is 5.02 Å². The average Bonchev–Trinajstić information content (AvgIpc) is 2.08. The molecule has 1 aromatic rings. The number of hydrogen-bond donors (Lipinski definition) is 2. The van der Waals surface area contributed by atoms with Crippen molar-refractivity contribution >= 4 is 56.1 Å². The number of halogens is 2. The minimum absolute atomic E-state index is 0.120. The molecule has 0 saturated heterocycles. The highest BCUT2D eigenvalue weighted by Crippen LogP contribution is 2.26. The summed E-state index contributed by atoms with van der Waals surface area (Å²) in [5.41, 5.74) is 5.35. The molecule has 0 aliphatic heterocycles. The third-order valence-corrected chi connectivity index (χ3v) is 3.64. The molecule has 88 valence electrons. The lowest BCUT2D eigenvalue weighted by Gasteiger charge is -2.09. The van der Waals surface area contributed by atoms with Gasteiger partial charge in [-0.15, -0.1) is 0 Å². The van der Waals surface area contributed by atoms with Crippen LogP contribution in [-0.2, 0) is 10.0 Å². The van der Waals surface area contributed by atoms with Gasteiger partial charge in [-0.3, -0.25) is 4.72 Å². The lowest BCUT2D eigenvalue weighted by molar-refractivity contribution is 0.605. The molecule has 4 nitrogen and oxygen atoms in total. The number of nitrogens with two attached hydrogens (primary N) is 1. The fraction of sp³-hybridized carbons (Fsp3) is 0.125. The zero-order chi connectivity index (χ0) is 12.3. The fourth-order valence-electron chi connectivity index (χ4n) is 0.967. The monoisotopic (exact) mass is 298 g/mol. The maximum atomic E-state index is 11.5. The summed E-state index contributed by atoms with van der Waals surface area (Å²) in [5.74, 6) is -0.439. The molecule has 0 unspecified atom stereocenters. The summed E-state index contributed by atoms with van der Waals surface area (Å²) < 4.78 is 25.2. The van der Waals surface area contributed by atoms with Crippen LogP contribution in [0.1, 0.15) is 0 Å². The van der Waals surface area contributed by atoms with Crippen LogP contribution in [-0.4, -0.2) is 19.2 Å². The first-order valence-corrected chi connectivity index (χ1v) is 6.85. The first kappa shape index (κ1) is 13.5. The van der Waals surface area contributed by atoms with E-state index in [0.717, 1.165) is 0 Å². The highest BCUT2D eigenvalue weighted by atomic mass is 35.5. The van der Waals surface area contributed by atoms with Crippen LogP contribution in [0, 0.1) is 0 Å². The molecule has 0 amide bonds. The summed E-state index contributed by atoms with van der Waals surface area (Å²) in [6.07, 6.45) is 0. The maximum Gasteiger partial charge on any atom is 0.239 e. The van der Waals surface area contributed by atoms with E-state index >= 15 is 0 Å². The van der Waals surface area contributed by atoms with Gasteiger partial charge in [0.25, 0.3) is 0 Å². The van der Waals surface area contributed by atoms with Crippen molar-refractivity contribution < 1.29 is 8.42 Å². The first-order chi connectivity index (χ1) is 7.30. The van der Waals surface area contributed by atoms with E-state index in [4.69, 9.17) is 28.9 Å². The van der Waals surface area contributed by atoms with E-state index in [9.17, 15) is 8.42 Å². The number of sulfonamides is 1. The van der Waals surface area contributed by atoms with Crippen LogP contribution >= 0.6 is 35.4 Å². The van der Waals surface area contributed by atoms with Crippen LogP contribution in [0.2, 0.25) is 10.0 Å². The molecule has 1 rings (SSSR count). The third kappa shape index (κ3) is 4.13. The van der Waals surface area contributed by atoms with Crippen molar-refractivity contribution in [3.05, 3.63) is 28.2 Å². The Morgan fingerprint density at radius 1 is 1.44 bits per heavy atom. The third-order valence-electron chi connectivity index (χ3n) is 1.53. The van der Waals surface area contributed by atoms with E-state index in [0.29, 0.717) is 5.02 Å². The number of nitrogens with one attached hydrogen (secondary N) is 1. The number of hydrogen-bond acceptors (Lipinski definition) is 3. The standard InChI is InChI=1S/C8H8Cl2N2O2S2/c9-5-1-2-6(10)7(3-5)12-16(13,14)4-8(11)15/h1-3,12H,4H2,(H2,11,15). The quantitative estimate of drug-likeness (QED) is 0.834. The molecule has 0 aliphatic rings. The van der Waals surface area contributed by atoms with Gasteiger partial charge in [0.15, 0.2) is 0 Å². The first-order valence-electron chi connectivity index (χ1n) is 4.04. The van der Waals surface area contributed by atoms with Crippen LogP contribution in [0.15, 0.2) is 18.2 Å². The summed E-state index contributed by atoms with van der Waals surface area (Å²) in [6, 6.07) is 4.44. The smallest absolute Gasteiger partial charge is 0.239 e. The van der Waals surface area contributed by atoms with Crippen molar-refractivity contribution in [2.45, 2.75) is 0 Å². The lowest BCUT2D eigenvalue weighted by Crippen LogP contribution is -2.26. The van der Waals surface area contributed by atoms with E-state index in [1.165, 1.54) is 12.1 Å². The number of thiocarbonyl (C=S) groups is 1. The van der Waals surface area contributed by atoms with Gasteiger partial charge < -0.3 is 5.73 Å². The molecule has 0 bridgehead atoms. The molecule has 0 spiro atoms. The highest BCUT2D eigenvalue weighted by molar-refractivity contribution is 7.95. The molecule has 0 aliphatic carbocycles. The molecule has 0 radical (unpaired) electrons. The summed E-state index contributed by atoms with van der Waals surface area (Å²) in [7, 11) is -3.63. The Balaban J connectivity index is 2.96. The summed E-state index contributed by atoms with van der Waals surface area (Å²) >= 11 is 16.0. The van der Waals surface area contributed by atoms with Crippen LogP contribution < -0.4 is 10.5 Å². The molecule has 3 N–H and O–H groups in total. The molecular formula is C8H8Cl2N2O2S2. The molecular weight excluding hydrogens is 291 g/mol. The molecule has 16 heavy (non-hydrogen) atoms. The van der Waals surface area contributed by atoms with Gasteiger partial charge in [-0.1, -0.05) is 35.4 Å². The van der Waals surface area contributed by atoms with E-state index in [1.54, 1.807) is 6.07 Å². The zero-order valence-corrected chi connectivity index (χ0v) is 11.1. The molecule has 0 saturated carbocycles. The normalized spacial score (nSPS) is 11.1. The maximum absolute atomic E-state index is 11.5. The van der Waals surface area contributed by atoms with Gasteiger partial charge >= 0.3 is 0 Å². The second kappa shape index (κ2) is 5.18. The topological polar surface area (TPSA) is 72.2 Å². The predicted molar refractivity (Wildman–Crippen MR) is 70.7 cm³/mol. The van der Waals surface area contributed by atoms with E-state index in [1.807, 2.05) is 0 Å². The van der Waals surface area contributed by atoms with Gasteiger partial charge in [-0.25, -0.2) is 8.42 Å². The second-order valence-corrected chi connectivity index (χ2v) is 6.04. The van der Waals surface area contributed by atoms with Crippen molar-refractivity contribution in [1.29, 1.82) is 0 Å². The SMILES string of the molecule is NC(=S)CS(=O)(=O)Nc1cc(Cl)ccc1Cl. The van der Waals surface area contributed by atoms with Crippen LogP contribution in [0.5, 0.6) is 0 Å². The minimum Gasteiger partial charge on any atom is -0.392 e. The molecule has 8 heteroatoms. The summed E-state index contributed by atoms with van der Waals surface area (Å²) in [5, 5.41) is 0.619. The van der Waals surface area contributed by atoms with Crippen molar-refractivity contribution in [1.82, 2.24) is 0 Å². The van der Waals surface area contributed by atoms with Crippen LogP contribution in [0.25, 0.3) is 0 Å². The summed E-state index contributed by atoms with van der Waals surface area (Å²) in [6.45, 7) is 0. The molecule has 0 aromatic heterocycles. The fourth-order valence-corrected chi connectivity index (χ4v) is 2.78. The van der Waals surface area contributed by atoms with E-state index in [2.05, 4.69) is 16.9 Å². The Bertz CT molecular complexity index is 517. The van der Waals surface area contributed by atoms with Crippen LogP contribution in [0.4, 0.5) is 5.69 Å². The van der Waals surface area contributed by atoms with E-state index in [-0.39, 0.29) is 15.7 Å². The highest BCUT2D eigenvalue weighted by Gasteiger charge is 2.13. The van der Waals surface area contributed by atoms with Gasteiger partial charge in [0.1, 0.15) is 5.75 Å². The van der Waals surface area contributed by atoms with Gasteiger partial charge in [-0.2, -0.15) is 0 Å². The molecule has 0 heterocycles. The summed E-state index contributed by atoms with van der Waals surface area (Å²) in [4.78, 5) is -0.120. The average molecular weight is 299 g/mol. The molecule has 1 aromatic carbocycles. The Kier molecular flexibility index (Phi) is 4.37. The predicted octanol–water partition coefficient (Wildman–Crippen LogP) is 2.02. The van der Waals surface area contributed by atoms with Gasteiger partial charge in [0.05, 0.1) is 15.7 Å². The zero-order valence-electron chi connectivity index (χ0n) is 7.91. The Morgan fingerprint density at radius 2 is 2.06 bits per heavy atom. The van der Waals surface area contributed by atoms with E-state index < -0.39 is 15.8 Å². The number of benzene rings is 1. The Hall–Kier alpha value is -0.560. The molecule has 0 fully saturated rings. The number of anilines is 1. The van der Waals surface area contributed by atoms with Crippen molar-refractivity contribution in [3.63, 3.8) is 0 Å². The molecule has 0 atom stereocenters. The van der Waals surface area contributed by atoms with Crippen molar-refractivity contribution in [2.75, 3.05) is 10.5 Å².